The van der Waals surface area contributed by atoms with Gasteiger partial charge in [0.15, 0.2) is 6.61 Å². The van der Waals surface area contributed by atoms with Crippen LogP contribution in [0.25, 0.3) is 6.08 Å². The summed E-state index contributed by atoms with van der Waals surface area (Å²) >= 11 is 12.3. The quantitative estimate of drug-likeness (QED) is 0.306. The molecule has 1 heterocycles. The zero-order valence-corrected chi connectivity index (χ0v) is 22.2. The molecule has 0 saturated carbocycles. The van der Waals surface area contributed by atoms with Gasteiger partial charge in [-0.15, -0.1) is 0 Å². The van der Waals surface area contributed by atoms with Crippen LogP contribution >= 0.6 is 23.2 Å². The summed E-state index contributed by atoms with van der Waals surface area (Å²) in [5.74, 6) is -1.91. The fraction of sp³-hybridized carbons (Fsp3) is 0.143. The Morgan fingerprint density at radius 2 is 1.79 bits per heavy atom. The van der Waals surface area contributed by atoms with Crippen LogP contribution in [-0.2, 0) is 14.4 Å². The van der Waals surface area contributed by atoms with Crippen molar-refractivity contribution in [3.63, 3.8) is 0 Å². The van der Waals surface area contributed by atoms with Gasteiger partial charge in [0, 0.05) is 21.3 Å². The number of nitrogens with one attached hydrogen (secondary N) is 2. The highest BCUT2D eigenvalue weighted by atomic mass is 35.5. The Hall–Kier alpha value is -4.14. The summed E-state index contributed by atoms with van der Waals surface area (Å²) in [7, 11) is 0. The minimum Gasteiger partial charge on any atom is -0.483 e. The standard InChI is InChI=1S/C28H23Cl2N3O5/c1-15-7-8-16(2)22(11-15)31-25(34)14-38-24-10-9-19(29)12-18(24)13-20-26(35)32-28(37)33(27(20)36)23-6-4-5-21(30)17(23)3/h4-13H,14H2,1-3H3,(H,31,34)(H,32,35,37)/b20-13-. The molecule has 1 aliphatic heterocycles. The van der Waals surface area contributed by atoms with Crippen molar-refractivity contribution in [3.8, 4) is 5.75 Å². The van der Waals surface area contributed by atoms with Crippen molar-refractivity contribution in [2.75, 3.05) is 16.8 Å². The van der Waals surface area contributed by atoms with E-state index < -0.39 is 23.8 Å². The van der Waals surface area contributed by atoms with Crippen molar-refractivity contribution in [1.82, 2.24) is 5.32 Å². The van der Waals surface area contributed by atoms with E-state index in [4.69, 9.17) is 27.9 Å². The number of urea groups is 1. The van der Waals surface area contributed by atoms with Crippen molar-refractivity contribution in [1.29, 1.82) is 0 Å². The first-order valence-electron chi connectivity index (χ1n) is 11.5. The number of nitrogens with zero attached hydrogens (tertiary/aromatic N) is 1. The third-order valence-corrected chi connectivity index (χ3v) is 6.52. The fourth-order valence-electron chi connectivity index (χ4n) is 3.83. The monoisotopic (exact) mass is 551 g/mol. The van der Waals surface area contributed by atoms with E-state index in [9.17, 15) is 19.2 Å². The average molecular weight is 552 g/mol. The summed E-state index contributed by atoms with van der Waals surface area (Å²) in [6.07, 6.45) is 1.26. The first-order valence-corrected chi connectivity index (χ1v) is 12.3. The first kappa shape index (κ1) is 26.9. The van der Waals surface area contributed by atoms with Crippen molar-refractivity contribution in [2.24, 2.45) is 0 Å². The highest BCUT2D eigenvalue weighted by molar-refractivity contribution is 6.40. The molecule has 38 heavy (non-hydrogen) atoms. The number of imide groups is 2. The Balaban J connectivity index is 1.61. The van der Waals surface area contributed by atoms with Crippen LogP contribution in [0.2, 0.25) is 10.0 Å². The molecule has 0 spiro atoms. The molecule has 0 bridgehead atoms. The number of hydrogen-bond donors (Lipinski definition) is 2. The van der Waals surface area contributed by atoms with Crippen LogP contribution in [0.4, 0.5) is 16.2 Å². The van der Waals surface area contributed by atoms with E-state index in [-0.39, 0.29) is 29.2 Å². The first-order chi connectivity index (χ1) is 18.0. The summed E-state index contributed by atoms with van der Waals surface area (Å²) in [6.45, 7) is 5.12. The number of halogens is 2. The van der Waals surface area contributed by atoms with Gasteiger partial charge in [-0.2, -0.15) is 0 Å². The lowest BCUT2D eigenvalue weighted by atomic mass is 10.0. The maximum Gasteiger partial charge on any atom is 0.335 e. The Kier molecular flexibility index (Phi) is 7.85. The van der Waals surface area contributed by atoms with Gasteiger partial charge in [0.25, 0.3) is 17.7 Å². The van der Waals surface area contributed by atoms with Crippen LogP contribution in [0, 0.1) is 20.8 Å². The molecule has 2 N–H and O–H groups in total. The molecule has 0 radical (unpaired) electrons. The van der Waals surface area contributed by atoms with Crippen molar-refractivity contribution in [3.05, 3.63) is 92.5 Å². The molecule has 1 aliphatic rings. The van der Waals surface area contributed by atoms with Crippen molar-refractivity contribution in [2.45, 2.75) is 20.8 Å². The molecular formula is C28H23Cl2N3O5. The third kappa shape index (κ3) is 5.72. The van der Waals surface area contributed by atoms with Gasteiger partial charge in [-0.3, -0.25) is 19.7 Å². The Labute approximate surface area is 229 Å². The minimum absolute atomic E-state index is 0.209. The smallest absolute Gasteiger partial charge is 0.335 e. The number of benzene rings is 3. The number of aryl methyl sites for hydroxylation is 2. The van der Waals surface area contributed by atoms with Gasteiger partial charge in [0.2, 0.25) is 0 Å². The number of anilines is 2. The molecule has 5 amide bonds. The van der Waals surface area contributed by atoms with Gasteiger partial charge in [0.1, 0.15) is 11.3 Å². The molecule has 3 aromatic rings. The van der Waals surface area contributed by atoms with E-state index in [0.29, 0.717) is 21.3 Å². The van der Waals surface area contributed by atoms with Gasteiger partial charge in [-0.1, -0.05) is 41.4 Å². The van der Waals surface area contributed by atoms with E-state index in [1.807, 2.05) is 32.0 Å². The highest BCUT2D eigenvalue weighted by Gasteiger charge is 2.37. The molecule has 1 saturated heterocycles. The Morgan fingerprint density at radius 3 is 2.55 bits per heavy atom. The summed E-state index contributed by atoms with van der Waals surface area (Å²) in [5, 5.41) is 5.65. The minimum atomic E-state index is -0.895. The van der Waals surface area contributed by atoms with E-state index in [1.165, 1.54) is 18.2 Å². The number of barbiturate groups is 1. The van der Waals surface area contributed by atoms with Gasteiger partial charge >= 0.3 is 6.03 Å². The van der Waals surface area contributed by atoms with Gasteiger partial charge < -0.3 is 10.1 Å². The summed E-state index contributed by atoms with van der Waals surface area (Å²) < 4.78 is 5.72. The lowest BCUT2D eigenvalue weighted by molar-refractivity contribution is -0.122. The van der Waals surface area contributed by atoms with Crippen molar-refractivity contribution >= 4 is 64.4 Å². The van der Waals surface area contributed by atoms with Crippen LogP contribution in [0.5, 0.6) is 5.75 Å². The SMILES string of the molecule is Cc1ccc(C)c(NC(=O)COc2ccc(Cl)cc2/C=C2/C(=O)NC(=O)N(c3cccc(Cl)c3C)C2=O)c1. The second-order valence-corrected chi connectivity index (χ2v) is 9.52. The zero-order chi connectivity index (χ0) is 27.6. The second-order valence-electron chi connectivity index (χ2n) is 8.68. The number of carbonyl (C=O) groups is 4. The predicted molar refractivity (Wildman–Crippen MR) is 147 cm³/mol. The lowest BCUT2D eigenvalue weighted by Crippen LogP contribution is -2.54. The second kappa shape index (κ2) is 11.1. The van der Waals surface area contributed by atoms with E-state index >= 15 is 0 Å². The number of carbonyl (C=O) groups excluding carboxylic acids is 4. The van der Waals surface area contributed by atoms with Crippen LogP contribution in [0.15, 0.2) is 60.2 Å². The Bertz CT molecular complexity index is 1520. The number of hydrogen-bond acceptors (Lipinski definition) is 5. The molecule has 10 heteroatoms. The van der Waals surface area contributed by atoms with E-state index in [2.05, 4.69) is 10.6 Å². The molecule has 8 nitrogen and oxygen atoms in total. The fourth-order valence-corrected chi connectivity index (χ4v) is 4.18. The predicted octanol–water partition coefficient (Wildman–Crippen LogP) is 5.60. The van der Waals surface area contributed by atoms with Crippen LogP contribution in [-0.4, -0.2) is 30.4 Å². The molecule has 0 atom stereocenters. The van der Waals surface area contributed by atoms with E-state index in [0.717, 1.165) is 16.0 Å². The zero-order valence-electron chi connectivity index (χ0n) is 20.7. The molecule has 0 aromatic heterocycles. The molecule has 1 fully saturated rings. The molecule has 0 aliphatic carbocycles. The van der Waals surface area contributed by atoms with E-state index in [1.54, 1.807) is 31.2 Å². The van der Waals surface area contributed by atoms with Gasteiger partial charge in [0.05, 0.1) is 5.69 Å². The van der Waals surface area contributed by atoms with Crippen molar-refractivity contribution < 1.29 is 23.9 Å². The van der Waals surface area contributed by atoms with Crippen LogP contribution < -0.4 is 20.3 Å². The largest absolute Gasteiger partial charge is 0.483 e. The Morgan fingerprint density at radius 1 is 1.03 bits per heavy atom. The third-order valence-electron chi connectivity index (χ3n) is 5.88. The molecule has 4 rings (SSSR count). The molecular weight excluding hydrogens is 529 g/mol. The summed E-state index contributed by atoms with van der Waals surface area (Å²) in [6, 6.07) is 14.1. The maximum atomic E-state index is 13.3. The topological polar surface area (TPSA) is 105 Å². The summed E-state index contributed by atoms with van der Waals surface area (Å²) in [4.78, 5) is 52.0. The average Bonchev–Trinajstić information content (AvgIpc) is 2.86. The molecule has 0 unspecified atom stereocenters. The van der Waals surface area contributed by atoms with Crippen LogP contribution in [0.1, 0.15) is 22.3 Å². The van der Waals surface area contributed by atoms with Gasteiger partial charge in [-0.25, -0.2) is 9.69 Å². The van der Waals surface area contributed by atoms with Crippen LogP contribution in [0.3, 0.4) is 0 Å². The maximum absolute atomic E-state index is 13.3. The lowest BCUT2D eigenvalue weighted by Gasteiger charge is -2.27. The highest BCUT2D eigenvalue weighted by Crippen LogP contribution is 2.31. The van der Waals surface area contributed by atoms with Gasteiger partial charge in [-0.05, 0) is 79.9 Å². The normalized spacial score (nSPS) is 14.5. The summed E-state index contributed by atoms with van der Waals surface area (Å²) in [5.41, 5.74) is 3.24. The number of amides is 5. The molecule has 3 aromatic carbocycles. The molecule has 194 valence electrons. The number of ether oxygens (including phenoxy) is 1. The number of rotatable bonds is 6.